The minimum Gasteiger partial charge on any atom is -0.480 e. The van der Waals surface area contributed by atoms with Gasteiger partial charge >= 0.3 is 12.0 Å². The molecule has 1 aromatic rings. The average Bonchev–Trinajstić information content (AvgIpc) is 2.32. The van der Waals surface area contributed by atoms with Crippen LogP contribution in [0, 0.1) is 6.92 Å². The lowest BCUT2D eigenvalue weighted by Crippen LogP contribution is -2.45. The van der Waals surface area contributed by atoms with Crippen LogP contribution in [0.1, 0.15) is 12.0 Å². The van der Waals surface area contributed by atoms with Crippen LogP contribution in [0.2, 0.25) is 5.02 Å². The highest BCUT2D eigenvalue weighted by atomic mass is 35.5. The van der Waals surface area contributed by atoms with E-state index in [2.05, 4.69) is 10.6 Å². The standard InChI is InChI=1S/C12H14ClN3O4/c1-6-2-3-7(4-8(6)13)15-12(20)16-9(11(18)19)5-10(14)17/h2-4,9H,5H2,1H3,(H2,14,17)(H,18,19)(H2,15,16,20). The molecular formula is C12H14ClN3O4. The summed E-state index contributed by atoms with van der Waals surface area (Å²) in [6.07, 6.45) is -0.489. The molecule has 0 fully saturated rings. The Bertz CT molecular complexity index is 548. The number of primary amides is 1. The van der Waals surface area contributed by atoms with E-state index in [1.165, 1.54) is 6.07 Å². The van der Waals surface area contributed by atoms with Gasteiger partial charge in [0.15, 0.2) is 0 Å². The highest BCUT2D eigenvalue weighted by molar-refractivity contribution is 6.31. The average molecular weight is 300 g/mol. The number of carbonyl (C=O) groups excluding carboxylic acids is 2. The van der Waals surface area contributed by atoms with Gasteiger partial charge in [-0.15, -0.1) is 0 Å². The number of benzene rings is 1. The normalized spacial score (nSPS) is 11.5. The Morgan fingerprint density at radius 3 is 2.55 bits per heavy atom. The Kier molecular flexibility index (Phi) is 5.33. The molecule has 1 atom stereocenters. The van der Waals surface area contributed by atoms with Gasteiger partial charge < -0.3 is 21.5 Å². The van der Waals surface area contributed by atoms with Gasteiger partial charge in [0.25, 0.3) is 0 Å². The predicted molar refractivity (Wildman–Crippen MR) is 73.6 cm³/mol. The van der Waals surface area contributed by atoms with Crippen molar-refractivity contribution in [2.75, 3.05) is 5.32 Å². The number of anilines is 1. The number of aryl methyl sites for hydroxylation is 1. The number of nitrogens with one attached hydrogen (secondary N) is 2. The third-order valence-corrected chi connectivity index (χ3v) is 2.85. The van der Waals surface area contributed by atoms with Crippen molar-refractivity contribution < 1.29 is 19.5 Å². The monoisotopic (exact) mass is 299 g/mol. The number of rotatable bonds is 5. The third kappa shape index (κ3) is 4.77. The van der Waals surface area contributed by atoms with Gasteiger partial charge in [-0.1, -0.05) is 17.7 Å². The molecule has 7 nitrogen and oxygen atoms in total. The molecular weight excluding hydrogens is 286 g/mol. The number of amides is 3. The van der Waals surface area contributed by atoms with E-state index in [0.717, 1.165) is 5.56 Å². The van der Waals surface area contributed by atoms with Crippen LogP contribution >= 0.6 is 11.6 Å². The fourth-order valence-corrected chi connectivity index (χ4v) is 1.58. The van der Waals surface area contributed by atoms with Gasteiger partial charge in [-0.05, 0) is 24.6 Å². The quantitative estimate of drug-likeness (QED) is 0.650. The molecule has 0 spiro atoms. The van der Waals surface area contributed by atoms with E-state index in [0.29, 0.717) is 10.7 Å². The molecule has 0 aliphatic rings. The number of carboxylic acid groups (broad SMARTS) is 1. The lowest BCUT2D eigenvalue weighted by Gasteiger charge is -2.14. The Labute approximate surface area is 120 Å². The van der Waals surface area contributed by atoms with E-state index in [1.807, 2.05) is 0 Å². The maximum absolute atomic E-state index is 11.6. The van der Waals surface area contributed by atoms with Crippen molar-refractivity contribution in [3.8, 4) is 0 Å². The second kappa shape index (κ2) is 6.76. The van der Waals surface area contributed by atoms with E-state index >= 15 is 0 Å². The smallest absolute Gasteiger partial charge is 0.326 e. The van der Waals surface area contributed by atoms with Gasteiger partial charge in [-0.25, -0.2) is 9.59 Å². The highest BCUT2D eigenvalue weighted by Crippen LogP contribution is 2.19. The molecule has 0 bridgehead atoms. The van der Waals surface area contributed by atoms with Gasteiger partial charge in [0, 0.05) is 10.7 Å². The Hall–Kier alpha value is -2.28. The van der Waals surface area contributed by atoms with Gasteiger partial charge in [-0.3, -0.25) is 4.79 Å². The molecule has 0 saturated carbocycles. The first kappa shape index (κ1) is 15.8. The molecule has 0 aromatic heterocycles. The summed E-state index contributed by atoms with van der Waals surface area (Å²) in [5, 5.41) is 13.9. The predicted octanol–water partition coefficient (Wildman–Crippen LogP) is 1.10. The van der Waals surface area contributed by atoms with E-state index in [4.69, 9.17) is 22.4 Å². The minimum absolute atomic E-state index is 0.404. The molecule has 5 N–H and O–H groups in total. The Balaban J connectivity index is 2.67. The minimum atomic E-state index is -1.38. The fourth-order valence-electron chi connectivity index (χ4n) is 1.40. The van der Waals surface area contributed by atoms with Crippen molar-refractivity contribution in [2.24, 2.45) is 5.73 Å². The Morgan fingerprint density at radius 2 is 2.05 bits per heavy atom. The third-order valence-electron chi connectivity index (χ3n) is 2.44. The lowest BCUT2D eigenvalue weighted by molar-refractivity contribution is -0.140. The molecule has 0 aliphatic heterocycles. The van der Waals surface area contributed by atoms with Crippen LogP contribution < -0.4 is 16.4 Å². The SMILES string of the molecule is Cc1ccc(NC(=O)NC(CC(N)=O)C(=O)O)cc1Cl. The van der Waals surface area contributed by atoms with E-state index in [-0.39, 0.29) is 0 Å². The van der Waals surface area contributed by atoms with Gasteiger partial charge in [0.2, 0.25) is 5.91 Å². The first-order valence-electron chi connectivity index (χ1n) is 5.64. The van der Waals surface area contributed by atoms with Gasteiger partial charge in [0.1, 0.15) is 6.04 Å². The van der Waals surface area contributed by atoms with Crippen molar-refractivity contribution in [1.82, 2.24) is 5.32 Å². The summed E-state index contributed by atoms with van der Waals surface area (Å²) >= 11 is 5.90. The van der Waals surface area contributed by atoms with Crippen LogP contribution in [0.5, 0.6) is 0 Å². The molecule has 1 rings (SSSR count). The summed E-state index contributed by atoms with van der Waals surface area (Å²) < 4.78 is 0. The molecule has 1 unspecified atom stereocenters. The molecule has 1 aromatic carbocycles. The van der Waals surface area contributed by atoms with Crippen molar-refractivity contribution in [3.63, 3.8) is 0 Å². The molecule has 20 heavy (non-hydrogen) atoms. The van der Waals surface area contributed by atoms with Crippen LogP contribution in [0.3, 0.4) is 0 Å². The molecule has 108 valence electrons. The lowest BCUT2D eigenvalue weighted by atomic mass is 10.2. The zero-order chi connectivity index (χ0) is 15.3. The first-order valence-corrected chi connectivity index (χ1v) is 6.02. The van der Waals surface area contributed by atoms with Gasteiger partial charge in [0.05, 0.1) is 6.42 Å². The summed E-state index contributed by atoms with van der Waals surface area (Å²) in [7, 11) is 0. The van der Waals surface area contributed by atoms with E-state index in [1.54, 1.807) is 19.1 Å². The molecule has 0 radical (unpaired) electrons. The zero-order valence-corrected chi connectivity index (χ0v) is 11.4. The number of hydrogen-bond donors (Lipinski definition) is 4. The fraction of sp³-hybridized carbons (Fsp3) is 0.250. The second-order valence-electron chi connectivity index (χ2n) is 4.12. The number of carbonyl (C=O) groups is 3. The molecule has 0 aliphatic carbocycles. The van der Waals surface area contributed by atoms with Crippen molar-refractivity contribution >= 4 is 35.2 Å². The largest absolute Gasteiger partial charge is 0.480 e. The van der Waals surface area contributed by atoms with Crippen LogP contribution in [-0.2, 0) is 9.59 Å². The van der Waals surface area contributed by atoms with Crippen molar-refractivity contribution in [2.45, 2.75) is 19.4 Å². The summed E-state index contributed by atoms with van der Waals surface area (Å²) in [5.41, 5.74) is 6.15. The number of aliphatic carboxylic acids is 1. The van der Waals surface area contributed by atoms with Crippen LogP contribution in [0.25, 0.3) is 0 Å². The second-order valence-corrected chi connectivity index (χ2v) is 4.53. The topological polar surface area (TPSA) is 122 Å². The number of carboxylic acids is 1. The van der Waals surface area contributed by atoms with Crippen molar-refractivity contribution in [1.29, 1.82) is 0 Å². The molecule has 0 saturated heterocycles. The Morgan fingerprint density at radius 1 is 1.40 bits per heavy atom. The van der Waals surface area contributed by atoms with Crippen molar-refractivity contribution in [3.05, 3.63) is 28.8 Å². The number of urea groups is 1. The van der Waals surface area contributed by atoms with Crippen LogP contribution in [-0.4, -0.2) is 29.1 Å². The maximum Gasteiger partial charge on any atom is 0.326 e. The van der Waals surface area contributed by atoms with Crippen LogP contribution in [0.15, 0.2) is 18.2 Å². The number of hydrogen-bond acceptors (Lipinski definition) is 3. The summed E-state index contributed by atoms with van der Waals surface area (Å²) in [4.78, 5) is 33.2. The van der Waals surface area contributed by atoms with E-state index in [9.17, 15) is 14.4 Å². The molecule has 0 heterocycles. The molecule has 3 amide bonds. The highest BCUT2D eigenvalue weighted by Gasteiger charge is 2.22. The summed E-state index contributed by atoms with van der Waals surface area (Å²) in [6, 6.07) is 2.70. The first-order chi connectivity index (χ1) is 9.29. The van der Waals surface area contributed by atoms with Gasteiger partial charge in [-0.2, -0.15) is 0 Å². The number of nitrogens with two attached hydrogens (primary N) is 1. The zero-order valence-electron chi connectivity index (χ0n) is 10.6. The summed E-state index contributed by atoms with van der Waals surface area (Å²) in [6.45, 7) is 1.81. The number of halogens is 1. The molecule has 8 heteroatoms. The van der Waals surface area contributed by atoms with E-state index < -0.39 is 30.4 Å². The van der Waals surface area contributed by atoms with Crippen LogP contribution in [0.4, 0.5) is 10.5 Å². The summed E-state index contributed by atoms with van der Waals surface area (Å²) in [5.74, 6) is -2.17. The maximum atomic E-state index is 11.6.